The molecule has 1 unspecified atom stereocenters. The molecule has 1 fully saturated rings. The second-order valence-corrected chi connectivity index (χ2v) is 6.62. The molecule has 0 saturated carbocycles. The minimum absolute atomic E-state index is 0.0352. The van der Waals surface area contributed by atoms with E-state index in [0.29, 0.717) is 29.4 Å². The molecule has 0 spiro atoms. The van der Waals surface area contributed by atoms with Crippen LogP contribution in [0.2, 0.25) is 5.02 Å². The first kappa shape index (κ1) is 18.9. The van der Waals surface area contributed by atoms with Gasteiger partial charge in [-0.1, -0.05) is 29.8 Å². The van der Waals surface area contributed by atoms with E-state index in [-0.39, 0.29) is 11.5 Å². The van der Waals surface area contributed by atoms with Crippen molar-refractivity contribution < 1.29 is 19.1 Å². The monoisotopic (exact) mass is 386 g/mol. The number of anilines is 2. The number of nitrogens with one attached hydrogen (secondary N) is 1. The molecule has 0 aromatic heterocycles. The van der Waals surface area contributed by atoms with Crippen LogP contribution in [0.1, 0.15) is 30.1 Å². The summed E-state index contributed by atoms with van der Waals surface area (Å²) in [6, 6.07) is 13.4. The summed E-state index contributed by atoms with van der Waals surface area (Å²) in [5.74, 6) is -1.08. The van der Waals surface area contributed by atoms with Gasteiger partial charge in [0.2, 0.25) is 5.91 Å². The quantitative estimate of drug-likeness (QED) is 0.796. The number of benzene rings is 2. The van der Waals surface area contributed by atoms with Crippen LogP contribution < -0.4 is 10.2 Å². The lowest BCUT2D eigenvalue weighted by Crippen LogP contribution is -2.30. The lowest BCUT2D eigenvalue weighted by Gasteiger charge is -2.17. The van der Waals surface area contributed by atoms with Gasteiger partial charge in [-0.05, 0) is 43.7 Å². The van der Waals surface area contributed by atoms with E-state index >= 15 is 0 Å². The Kier molecular flexibility index (Phi) is 5.76. The SMILES string of the molecule is CC(OC(=O)c1cccc(N2CCCC2=O)c1)C(=O)Nc1ccccc1Cl. The smallest absolute Gasteiger partial charge is 0.338 e. The second-order valence-electron chi connectivity index (χ2n) is 6.22. The fourth-order valence-electron chi connectivity index (χ4n) is 2.80. The zero-order valence-corrected chi connectivity index (χ0v) is 15.5. The van der Waals surface area contributed by atoms with E-state index in [0.717, 1.165) is 6.42 Å². The summed E-state index contributed by atoms with van der Waals surface area (Å²) in [6.45, 7) is 2.12. The first-order chi connectivity index (χ1) is 13.0. The first-order valence-corrected chi connectivity index (χ1v) is 9.00. The number of esters is 1. The van der Waals surface area contributed by atoms with Gasteiger partial charge in [0.15, 0.2) is 6.10 Å². The number of hydrogen-bond donors (Lipinski definition) is 1. The fourth-order valence-corrected chi connectivity index (χ4v) is 2.98. The van der Waals surface area contributed by atoms with Crippen LogP contribution in [-0.2, 0) is 14.3 Å². The number of para-hydroxylation sites is 1. The third-order valence-corrected chi connectivity index (χ3v) is 4.58. The number of carbonyl (C=O) groups excluding carboxylic acids is 3. The maximum absolute atomic E-state index is 12.4. The van der Waals surface area contributed by atoms with Crippen LogP contribution in [0.5, 0.6) is 0 Å². The molecule has 6 nitrogen and oxygen atoms in total. The highest BCUT2D eigenvalue weighted by Crippen LogP contribution is 2.23. The molecule has 1 N–H and O–H groups in total. The van der Waals surface area contributed by atoms with Gasteiger partial charge in [0.1, 0.15) is 0 Å². The number of ether oxygens (including phenoxy) is 1. The molecule has 3 rings (SSSR count). The molecule has 1 heterocycles. The van der Waals surface area contributed by atoms with Crippen molar-refractivity contribution >= 4 is 40.8 Å². The standard InChI is InChI=1S/C20H19ClN2O4/c1-13(19(25)22-17-9-3-2-8-16(17)21)27-20(26)14-6-4-7-15(12-14)23-11-5-10-18(23)24/h2-4,6-9,12-13H,5,10-11H2,1H3,(H,22,25). The molecule has 0 bridgehead atoms. The summed E-state index contributed by atoms with van der Waals surface area (Å²) in [6.07, 6.45) is 0.298. The largest absolute Gasteiger partial charge is 0.449 e. The van der Waals surface area contributed by atoms with Crippen molar-refractivity contribution in [3.8, 4) is 0 Å². The van der Waals surface area contributed by atoms with Crippen LogP contribution in [0, 0.1) is 0 Å². The molecule has 1 aliphatic heterocycles. The molecule has 2 aromatic carbocycles. The Morgan fingerprint density at radius 1 is 1.19 bits per heavy atom. The van der Waals surface area contributed by atoms with Gasteiger partial charge in [-0.2, -0.15) is 0 Å². The molecule has 140 valence electrons. The predicted molar refractivity (Wildman–Crippen MR) is 103 cm³/mol. The van der Waals surface area contributed by atoms with E-state index in [4.69, 9.17) is 16.3 Å². The predicted octanol–water partition coefficient (Wildman–Crippen LogP) is 3.65. The number of halogens is 1. The second kappa shape index (κ2) is 8.22. The lowest BCUT2D eigenvalue weighted by atomic mass is 10.2. The molecule has 2 aromatic rings. The van der Waals surface area contributed by atoms with Crippen molar-refractivity contribution in [1.29, 1.82) is 0 Å². The molecule has 1 atom stereocenters. The Morgan fingerprint density at radius 2 is 1.96 bits per heavy atom. The van der Waals surface area contributed by atoms with Crippen molar-refractivity contribution in [3.63, 3.8) is 0 Å². The normalized spacial score (nSPS) is 14.7. The van der Waals surface area contributed by atoms with Crippen LogP contribution in [0.3, 0.4) is 0 Å². The van der Waals surface area contributed by atoms with E-state index in [2.05, 4.69) is 5.32 Å². The average molecular weight is 387 g/mol. The van der Waals surface area contributed by atoms with Crippen LogP contribution in [-0.4, -0.2) is 30.4 Å². The summed E-state index contributed by atoms with van der Waals surface area (Å²) >= 11 is 6.01. The maximum Gasteiger partial charge on any atom is 0.338 e. The number of rotatable bonds is 5. The Labute approximate surface area is 162 Å². The summed E-state index contributed by atoms with van der Waals surface area (Å²) in [5, 5.41) is 3.02. The Bertz CT molecular complexity index is 884. The molecule has 0 radical (unpaired) electrons. The van der Waals surface area contributed by atoms with Crippen molar-refractivity contribution in [2.45, 2.75) is 25.9 Å². The van der Waals surface area contributed by atoms with Crippen LogP contribution in [0.15, 0.2) is 48.5 Å². The number of carbonyl (C=O) groups is 3. The van der Waals surface area contributed by atoms with Gasteiger partial charge in [0.25, 0.3) is 5.91 Å². The van der Waals surface area contributed by atoms with Gasteiger partial charge in [0.05, 0.1) is 16.3 Å². The van der Waals surface area contributed by atoms with Gasteiger partial charge in [-0.25, -0.2) is 4.79 Å². The minimum atomic E-state index is -1.01. The summed E-state index contributed by atoms with van der Waals surface area (Å²) in [4.78, 5) is 38.2. The lowest BCUT2D eigenvalue weighted by molar-refractivity contribution is -0.123. The van der Waals surface area contributed by atoms with E-state index in [1.54, 1.807) is 53.4 Å². The molecular weight excluding hydrogens is 368 g/mol. The molecular formula is C20H19ClN2O4. The highest BCUT2D eigenvalue weighted by molar-refractivity contribution is 6.33. The van der Waals surface area contributed by atoms with E-state index in [1.165, 1.54) is 6.92 Å². The first-order valence-electron chi connectivity index (χ1n) is 8.62. The van der Waals surface area contributed by atoms with Crippen molar-refractivity contribution in [2.75, 3.05) is 16.8 Å². The Balaban J connectivity index is 1.65. The summed E-state index contributed by atoms with van der Waals surface area (Å²) in [5.41, 5.74) is 1.38. The number of amides is 2. The van der Waals surface area contributed by atoms with Crippen molar-refractivity contribution in [3.05, 3.63) is 59.1 Å². The third kappa shape index (κ3) is 4.46. The summed E-state index contributed by atoms with van der Waals surface area (Å²) < 4.78 is 5.26. The van der Waals surface area contributed by atoms with Gasteiger partial charge in [-0.15, -0.1) is 0 Å². The Hall–Kier alpha value is -2.86. The van der Waals surface area contributed by atoms with E-state index < -0.39 is 18.0 Å². The highest BCUT2D eigenvalue weighted by atomic mass is 35.5. The molecule has 7 heteroatoms. The molecule has 2 amide bonds. The van der Waals surface area contributed by atoms with Crippen LogP contribution >= 0.6 is 11.6 Å². The molecule has 1 saturated heterocycles. The zero-order valence-electron chi connectivity index (χ0n) is 14.8. The minimum Gasteiger partial charge on any atom is -0.449 e. The van der Waals surface area contributed by atoms with Gasteiger partial charge in [-0.3, -0.25) is 9.59 Å². The molecule has 0 aliphatic carbocycles. The highest BCUT2D eigenvalue weighted by Gasteiger charge is 2.24. The van der Waals surface area contributed by atoms with E-state index in [1.807, 2.05) is 0 Å². The zero-order chi connectivity index (χ0) is 19.4. The molecule has 27 heavy (non-hydrogen) atoms. The fraction of sp³-hybridized carbons (Fsp3) is 0.250. The van der Waals surface area contributed by atoms with Crippen LogP contribution in [0.25, 0.3) is 0 Å². The Morgan fingerprint density at radius 3 is 2.67 bits per heavy atom. The maximum atomic E-state index is 12.4. The molecule has 1 aliphatic rings. The number of hydrogen-bond acceptors (Lipinski definition) is 4. The van der Waals surface area contributed by atoms with E-state index in [9.17, 15) is 14.4 Å². The van der Waals surface area contributed by atoms with Gasteiger partial charge < -0.3 is 15.0 Å². The van der Waals surface area contributed by atoms with Gasteiger partial charge >= 0.3 is 5.97 Å². The summed E-state index contributed by atoms with van der Waals surface area (Å²) in [7, 11) is 0. The topological polar surface area (TPSA) is 75.7 Å². The average Bonchev–Trinajstić information content (AvgIpc) is 3.09. The van der Waals surface area contributed by atoms with Crippen molar-refractivity contribution in [2.24, 2.45) is 0 Å². The van der Waals surface area contributed by atoms with Gasteiger partial charge in [0, 0.05) is 18.7 Å². The van der Waals surface area contributed by atoms with Crippen LogP contribution in [0.4, 0.5) is 11.4 Å². The third-order valence-electron chi connectivity index (χ3n) is 4.25. The number of nitrogens with zero attached hydrogens (tertiary/aromatic N) is 1. The van der Waals surface area contributed by atoms with Crippen molar-refractivity contribution in [1.82, 2.24) is 0 Å².